The van der Waals surface area contributed by atoms with Crippen LogP contribution < -0.4 is 14.2 Å². The Morgan fingerprint density at radius 2 is 1.77 bits per heavy atom. The van der Waals surface area contributed by atoms with Gasteiger partial charge in [0.2, 0.25) is 16.8 Å². The average Bonchev–Trinajstić information content (AvgIpc) is 3.79. The zero-order valence-electron chi connectivity index (χ0n) is 26.5. The molecule has 1 amide bonds. The van der Waals surface area contributed by atoms with Gasteiger partial charge < -0.3 is 24.1 Å². The highest BCUT2D eigenvalue weighted by Gasteiger charge is 2.51. The number of hydrogen-bond donors (Lipinski definition) is 1. The Balaban J connectivity index is 1.23. The smallest absolute Gasteiger partial charge is 0.409 e. The minimum Gasteiger partial charge on any atom is -0.489 e. The summed E-state index contributed by atoms with van der Waals surface area (Å²) >= 11 is 0. The molecule has 0 aromatic heterocycles. The number of carboxylic acid groups (broad SMARTS) is 1. The van der Waals surface area contributed by atoms with Crippen molar-refractivity contribution in [2.75, 3.05) is 19.9 Å². The molecule has 248 valence electrons. The van der Waals surface area contributed by atoms with Crippen LogP contribution in [0.1, 0.15) is 56.2 Å². The maximum absolute atomic E-state index is 14.2. The van der Waals surface area contributed by atoms with Gasteiger partial charge in [-0.25, -0.2) is 13.2 Å². The van der Waals surface area contributed by atoms with Gasteiger partial charge >= 0.3 is 6.09 Å². The van der Waals surface area contributed by atoms with Crippen LogP contribution in [-0.2, 0) is 27.8 Å². The number of nitrogens with zero attached hydrogens (tertiary/aromatic N) is 3. The van der Waals surface area contributed by atoms with Crippen molar-refractivity contribution in [2.45, 2.75) is 75.3 Å². The molecule has 3 aromatic carbocycles. The number of rotatable bonds is 11. The summed E-state index contributed by atoms with van der Waals surface area (Å²) in [5.41, 5.74) is 1.11. The van der Waals surface area contributed by atoms with Crippen molar-refractivity contribution in [1.29, 1.82) is 5.26 Å². The number of hydrogen-bond acceptors (Lipinski definition) is 8. The molecule has 1 saturated heterocycles. The Kier molecular flexibility index (Phi) is 9.32. The number of fused-ring (bicyclic) bond motifs is 1. The average molecular weight is 662 g/mol. The lowest BCUT2D eigenvalue weighted by Crippen LogP contribution is -2.50. The zero-order valence-corrected chi connectivity index (χ0v) is 27.3. The normalized spacial score (nSPS) is 20.4. The number of sulfonamides is 1. The first-order valence-corrected chi connectivity index (χ1v) is 17.3. The van der Waals surface area contributed by atoms with E-state index in [4.69, 9.17) is 24.2 Å². The second-order valence-corrected chi connectivity index (χ2v) is 14.7. The SMILES string of the molecule is CC1(C)O[C@H](CN(CC2CCCC2)S(=O)(=O)c2ccc3c(c2)OCO3)[C@H](Cc2ccc(OCc3cccc(C#N)c3)cc2)N1C(=O)O. The van der Waals surface area contributed by atoms with Crippen molar-refractivity contribution < 1.29 is 37.3 Å². The van der Waals surface area contributed by atoms with Crippen LogP contribution in [0.25, 0.3) is 0 Å². The molecule has 2 atom stereocenters. The Bertz CT molecular complexity index is 1750. The first-order chi connectivity index (χ1) is 22.5. The van der Waals surface area contributed by atoms with Gasteiger partial charge in [0, 0.05) is 19.2 Å². The topological polar surface area (TPSA) is 139 Å². The predicted molar refractivity (Wildman–Crippen MR) is 172 cm³/mol. The second-order valence-electron chi connectivity index (χ2n) is 12.8. The number of amides is 1. The quantitative estimate of drug-likeness (QED) is 0.271. The lowest BCUT2D eigenvalue weighted by atomic mass is 9.99. The fourth-order valence-corrected chi connectivity index (χ4v) is 8.37. The molecule has 0 radical (unpaired) electrons. The minimum atomic E-state index is -3.99. The maximum Gasteiger partial charge on any atom is 0.409 e. The number of carbonyl (C=O) groups is 1. The summed E-state index contributed by atoms with van der Waals surface area (Å²) in [5, 5.41) is 19.5. The first-order valence-electron chi connectivity index (χ1n) is 15.8. The van der Waals surface area contributed by atoms with Crippen molar-refractivity contribution >= 4 is 16.1 Å². The maximum atomic E-state index is 14.2. The molecule has 1 aliphatic carbocycles. The third-order valence-electron chi connectivity index (χ3n) is 9.12. The highest BCUT2D eigenvalue weighted by atomic mass is 32.2. The molecule has 11 nitrogen and oxygen atoms in total. The standard InChI is InChI=1S/C35H39N3O8S/c1-35(2)38(34(39)40)30(17-24-10-12-28(13-11-24)43-22-27-9-5-8-26(16-27)19-36)33(46-35)21-37(20-25-6-3-4-7-25)47(41,42)29-14-15-31-32(18-29)45-23-44-31/h5,8-16,18,25,30,33H,3-4,6-7,17,20-23H2,1-2H3,(H,39,40)/t30-,33+/m0/s1. The van der Waals surface area contributed by atoms with Crippen LogP contribution in [0.5, 0.6) is 17.2 Å². The molecule has 1 saturated carbocycles. The lowest BCUT2D eigenvalue weighted by molar-refractivity contribution is -0.0691. The second kappa shape index (κ2) is 13.4. The first kappa shape index (κ1) is 32.6. The summed E-state index contributed by atoms with van der Waals surface area (Å²) in [7, 11) is -3.99. The van der Waals surface area contributed by atoms with Gasteiger partial charge in [0.15, 0.2) is 11.5 Å². The summed E-state index contributed by atoms with van der Waals surface area (Å²) in [4.78, 5) is 14.0. The van der Waals surface area contributed by atoms with E-state index in [0.29, 0.717) is 42.4 Å². The summed E-state index contributed by atoms with van der Waals surface area (Å²) in [6.45, 7) is 4.03. The van der Waals surface area contributed by atoms with Crippen LogP contribution in [0.4, 0.5) is 4.79 Å². The molecule has 3 aromatic rings. The van der Waals surface area contributed by atoms with Crippen molar-refractivity contribution in [3.8, 4) is 23.3 Å². The monoisotopic (exact) mass is 661 g/mol. The van der Waals surface area contributed by atoms with Crippen LogP contribution in [-0.4, -0.2) is 66.6 Å². The van der Waals surface area contributed by atoms with Gasteiger partial charge in [-0.05, 0) is 86.6 Å². The summed E-state index contributed by atoms with van der Waals surface area (Å²) in [6, 6.07) is 20.7. The van der Waals surface area contributed by atoms with Crippen LogP contribution in [0, 0.1) is 17.2 Å². The zero-order chi connectivity index (χ0) is 33.2. The van der Waals surface area contributed by atoms with E-state index in [0.717, 1.165) is 36.8 Å². The molecule has 1 N–H and O–H groups in total. The third kappa shape index (κ3) is 7.17. The highest BCUT2D eigenvalue weighted by Crippen LogP contribution is 2.38. The van der Waals surface area contributed by atoms with Crippen LogP contribution in [0.15, 0.2) is 71.6 Å². The summed E-state index contributed by atoms with van der Waals surface area (Å²) in [6.07, 6.45) is 2.43. The molecule has 0 spiro atoms. The van der Waals surface area contributed by atoms with Gasteiger partial charge in [-0.2, -0.15) is 9.57 Å². The van der Waals surface area contributed by atoms with Gasteiger partial charge in [-0.1, -0.05) is 37.1 Å². The van der Waals surface area contributed by atoms with Gasteiger partial charge in [0.05, 0.1) is 28.7 Å². The van der Waals surface area contributed by atoms with Crippen LogP contribution in [0.2, 0.25) is 0 Å². The van der Waals surface area contributed by atoms with E-state index in [-0.39, 0.29) is 24.2 Å². The summed E-state index contributed by atoms with van der Waals surface area (Å²) in [5.74, 6) is 1.71. The van der Waals surface area contributed by atoms with Gasteiger partial charge in [0.25, 0.3) is 0 Å². The fraction of sp³-hybridized carbons (Fsp3) is 0.429. The molecule has 6 rings (SSSR count). The van der Waals surface area contributed by atoms with E-state index in [1.807, 2.05) is 36.4 Å². The molecule has 2 heterocycles. The van der Waals surface area contributed by atoms with E-state index in [1.165, 1.54) is 21.3 Å². The molecule has 12 heteroatoms. The van der Waals surface area contributed by atoms with E-state index in [9.17, 15) is 18.3 Å². The molecular weight excluding hydrogens is 622 g/mol. The summed E-state index contributed by atoms with van der Waals surface area (Å²) < 4.78 is 53.0. The van der Waals surface area contributed by atoms with Gasteiger partial charge in [-0.15, -0.1) is 0 Å². The number of ether oxygens (including phenoxy) is 4. The number of benzene rings is 3. The molecule has 2 aliphatic heterocycles. The third-order valence-corrected chi connectivity index (χ3v) is 10.9. The van der Waals surface area contributed by atoms with E-state index >= 15 is 0 Å². The van der Waals surface area contributed by atoms with Gasteiger partial charge in [-0.3, -0.25) is 4.90 Å². The van der Waals surface area contributed by atoms with Crippen LogP contribution >= 0.6 is 0 Å². The Hall–Kier alpha value is -4.31. The Labute approximate surface area is 275 Å². The van der Waals surface area contributed by atoms with Gasteiger partial charge in [0.1, 0.15) is 18.1 Å². The van der Waals surface area contributed by atoms with Crippen molar-refractivity contribution in [2.24, 2.45) is 5.92 Å². The highest BCUT2D eigenvalue weighted by molar-refractivity contribution is 7.89. The van der Waals surface area contributed by atoms with Crippen LogP contribution in [0.3, 0.4) is 0 Å². The predicted octanol–water partition coefficient (Wildman–Crippen LogP) is 5.77. The lowest BCUT2D eigenvalue weighted by Gasteiger charge is -2.31. The van der Waals surface area contributed by atoms with Crippen molar-refractivity contribution in [1.82, 2.24) is 9.21 Å². The Morgan fingerprint density at radius 3 is 2.49 bits per heavy atom. The van der Waals surface area contributed by atoms with E-state index in [2.05, 4.69) is 6.07 Å². The molecule has 0 unspecified atom stereocenters. The minimum absolute atomic E-state index is 0.00585. The van der Waals surface area contributed by atoms with E-state index in [1.54, 1.807) is 32.0 Å². The number of nitriles is 1. The largest absolute Gasteiger partial charge is 0.489 e. The molecule has 3 aliphatic rings. The molecule has 47 heavy (non-hydrogen) atoms. The van der Waals surface area contributed by atoms with E-state index < -0.39 is 34.0 Å². The Morgan fingerprint density at radius 1 is 1.02 bits per heavy atom. The van der Waals surface area contributed by atoms with Crippen molar-refractivity contribution in [3.63, 3.8) is 0 Å². The van der Waals surface area contributed by atoms with Crippen molar-refractivity contribution in [3.05, 3.63) is 83.4 Å². The fourth-order valence-electron chi connectivity index (χ4n) is 6.82. The molecule has 0 bridgehead atoms. The molecular formula is C35H39N3O8S. The molecule has 2 fully saturated rings.